The van der Waals surface area contributed by atoms with Crippen LogP contribution < -0.4 is 0 Å². The summed E-state index contributed by atoms with van der Waals surface area (Å²) < 4.78 is 7.99. The first-order valence-electron chi connectivity index (χ1n) is 11.3. The average Bonchev–Trinajstić information content (AvgIpc) is 2.69. The van der Waals surface area contributed by atoms with Crippen LogP contribution in [0.5, 0.6) is 0 Å². The van der Waals surface area contributed by atoms with Crippen molar-refractivity contribution in [2.24, 2.45) is 0 Å². The van der Waals surface area contributed by atoms with E-state index >= 15 is 0 Å². The molecule has 4 aliphatic rings. The topological polar surface area (TPSA) is 9.72 Å². The zero-order valence-corrected chi connectivity index (χ0v) is 18.8. The third-order valence-corrected chi connectivity index (χ3v) is 8.97. The molecule has 0 spiro atoms. The second kappa shape index (κ2) is 9.83. The number of alkyl halides is 3. The normalized spacial score (nSPS) is 42.8. The summed E-state index contributed by atoms with van der Waals surface area (Å²) in [5.41, 5.74) is 0. The van der Waals surface area contributed by atoms with E-state index < -0.39 is 0 Å². The quantitative estimate of drug-likeness (QED) is 0.503. The van der Waals surface area contributed by atoms with E-state index in [1.165, 1.54) is 57.8 Å². The van der Waals surface area contributed by atoms with Gasteiger partial charge in [-0.3, -0.25) is 0 Å². The van der Waals surface area contributed by atoms with Gasteiger partial charge in [-0.15, -0.1) is 34.8 Å². The maximum Gasteiger partial charge on any atom is 0.271 e. The molecule has 3 aliphatic carbocycles. The van der Waals surface area contributed by atoms with Gasteiger partial charge in [-0.05, 0) is 38.5 Å². The van der Waals surface area contributed by atoms with Gasteiger partial charge in [-0.2, -0.15) is 0 Å². The molecule has 27 heavy (non-hydrogen) atoms. The fourth-order valence-electron chi connectivity index (χ4n) is 5.90. The van der Waals surface area contributed by atoms with Crippen molar-refractivity contribution in [2.75, 3.05) is 0 Å². The molecule has 1 saturated heterocycles. The number of halogens is 3. The maximum atomic E-state index is 6.81. The first kappa shape index (κ1) is 21.2. The Bertz CT molecular complexity index is 419. The van der Waals surface area contributed by atoms with E-state index in [4.69, 9.17) is 34.8 Å². The fraction of sp³-hybridized carbons (Fsp3) is 1.00. The maximum absolute atomic E-state index is 6.81. The minimum atomic E-state index is 0.289. The molecule has 4 rings (SSSR count). The summed E-state index contributed by atoms with van der Waals surface area (Å²) in [6, 6.07) is 1.50. The van der Waals surface area contributed by atoms with Gasteiger partial charge in [0.1, 0.15) is 0 Å². The molecular formula is C18H33B3Cl3N3. The lowest BCUT2D eigenvalue weighted by Gasteiger charge is -2.52. The molecule has 0 radical (unpaired) electrons. The number of rotatable bonds is 3. The van der Waals surface area contributed by atoms with Gasteiger partial charge in [-0.25, -0.2) is 0 Å². The van der Waals surface area contributed by atoms with E-state index in [1.54, 1.807) is 0 Å². The summed E-state index contributed by atoms with van der Waals surface area (Å²) in [5.74, 6) is 0. The van der Waals surface area contributed by atoms with Gasteiger partial charge in [0.2, 0.25) is 0 Å². The predicted octanol–water partition coefficient (Wildman–Crippen LogP) is 3.36. The number of hydrogen-bond acceptors (Lipinski definition) is 3. The van der Waals surface area contributed by atoms with Crippen molar-refractivity contribution in [1.29, 1.82) is 0 Å². The van der Waals surface area contributed by atoms with E-state index in [2.05, 4.69) is 14.2 Å². The molecule has 9 heteroatoms. The Morgan fingerprint density at radius 3 is 0.963 bits per heavy atom. The molecule has 0 N–H and O–H groups in total. The highest BCUT2D eigenvalue weighted by atomic mass is 35.5. The minimum Gasteiger partial charge on any atom is -0.359 e. The van der Waals surface area contributed by atoms with Gasteiger partial charge in [0.15, 0.2) is 0 Å². The number of nitrogens with zero attached hydrogens (tertiary/aromatic N) is 3. The van der Waals surface area contributed by atoms with Crippen molar-refractivity contribution in [1.82, 2.24) is 14.2 Å². The Kier molecular flexibility index (Phi) is 7.72. The zero-order valence-electron chi connectivity index (χ0n) is 16.5. The number of hydrogen-bond donors (Lipinski definition) is 0. The van der Waals surface area contributed by atoms with Crippen molar-refractivity contribution in [2.45, 2.75) is 111 Å². The van der Waals surface area contributed by atoms with Crippen LogP contribution in [0.2, 0.25) is 0 Å². The van der Waals surface area contributed by atoms with Crippen LogP contribution in [0, 0.1) is 0 Å². The molecule has 0 aromatic heterocycles. The summed E-state index contributed by atoms with van der Waals surface area (Å²) in [6.45, 7) is 0. The lowest BCUT2D eigenvalue weighted by Crippen LogP contribution is -2.70. The SMILES string of the molecule is ClC1CCCCC1N1BN(C2CCCCC2Cl)BN(C2CCCCC2Cl)B1. The second-order valence-electron chi connectivity index (χ2n) is 9.29. The molecule has 4 fully saturated rings. The largest absolute Gasteiger partial charge is 0.359 e. The van der Waals surface area contributed by atoms with Crippen LogP contribution in [0.3, 0.4) is 0 Å². The first-order valence-corrected chi connectivity index (χ1v) is 12.6. The van der Waals surface area contributed by atoms with E-state index in [9.17, 15) is 0 Å². The van der Waals surface area contributed by atoms with Crippen molar-refractivity contribution >= 4 is 57.5 Å². The van der Waals surface area contributed by atoms with Crippen molar-refractivity contribution in [3.8, 4) is 0 Å². The molecule has 1 heterocycles. The van der Waals surface area contributed by atoms with Gasteiger partial charge in [0, 0.05) is 34.3 Å². The van der Waals surface area contributed by atoms with Crippen LogP contribution in [-0.4, -0.2) is 71.1 Å². The third kappa shape index (κ3) is 4.99. The van der Waals surface area contributed by atoms with E-state index in [-0.39, 0.29) is 16.1 Å². The van der Waals surface area contributed by atoms with Crippen LogP contribution in [0.15, 0.2) is 0 Å². The summed E-state index contributed by atoms with van der Waals surface area (Å²) in [5, 5.41) is 0.866. The van der Waals surface area contributed by atoms with E-state index in [1.807, 2.05) is 0 Å². The predicted molar refractivity (Wildman–Crippen MR) is 123 cm³/mol. The van der Waals surface area contributed by atoms with Gasteiger partial charge < -0.3 is 14.2 Å². The smallest absolute Gasteiger partial charge is 0.271 e. The van der Waals surface area contributed by atoms with Crippen molar-refractivity contribution in [3.05, 3.63) is 0 Å². The molecule has 6 unspecified atom stereocenters. The van der Waals surface area contributed by atoms with Crippen molar-refractivity contribution in [3.63, 3.8) is 0 Å². The van der Waals surface area contributed by atoms with Gasteiger partial charge in [-0.1, -0.05) is 38.5 Å². The summed E-state index contributed by atoms with van der Waals surface area (Å²) in [6.07, 6.45) is 15.0. The molecule has 3 saturated carbocycles. The molecule has 0 bridgehead atoms. The molecule has 0 amide bonds. The second-order valence-corrected chi connectivity index (χ2v) is 11.0. The highest BCUT2D eigenvalue weighted by Gasteiger charge is 2.43. The molecule has 1 aliphatic heterocycles. The molecule has 150 valence electrons. The lowest BCUT2D eigenvalue weighted by atomic mass is 9.66. The van der Waals surface area contributed by atoms with E-state index in [0.29, 0.717) is 18.1 Å². The Morgan fingerprint density at radius 1 is 0.444 bits per heavy atom. The van der Waals surface area contributed by atoms with Crippen LogP contribution >= 0.6 is 34.8 Å². The van der Waals surface area contributed by atoms with Gasteiger partial charge in [0.25, 0.3) is 22.6 Å². The monoisotopic (exact) mass is 429 g/mol. The van der Waals surface area contributed by atoms with Gasteiger partial charge in [0.05, 0.1) is 0 Å². The summed E-state index contributed by atoms with van der Waals surface area (Å²) in [4.78, 5) is 0. The average molecular weight is 430 g/mol. The molecular weight excluding hydrogens is 397 g/mol. The minimum absolute atomic E-state index is 0.289. The highest BCUT2D eigenvalue weighted by molar-refractivity contribution is 6.65. The highest BCUT2D eigenvalue weighted by Crippen LogP contribution is 2.33. The Labute approximate surface area is 182 Å². The van der Waals surface area contributed by atoms with Crippen LogP contribution in [-0.2, 0) is 0 Å². The van der Waals surface area contributed by atoms with E-state index in [0.717, 1.165) is 41.9 Å². The molecule has 3 nitrogen and oxygen atoms in total. The Morgan fingerprint density at radius 2 is 0.704 bits per heavy atom. The first-order chi connectivity index (χ1) is 13.1. The molecule has 0 aromatic rings. The zero-order chi connectivity index (χ0) is 18.8. The van der Waals surface area contributed by atoms with Crippen LogP contribution in [0.1, 0.15) is 77.0 Å². The fourth-order valence-corrected chi connectivity index (χ4v) is 7.21. The van der Waals surface area contributed by atoms with Crippen LogP contribution in [0.25, 0.3) is 0 Å². The standard InChI is InChI=1S/C18H33B3Cl3N3/c22-13-7-1-4-10-16(13)25-19-26(17-11-5-2-8-14(17)23)21-27(20-25)18-12-6-3-9-15(18)24/h13-21H,1-12H2. The van der Waals surface area contributed by atoms with Gasteiger partial charge >= 0.3 is 0 Å². The summed E-state index contributed by atoms with van der Waals surface area (Å²) >= 11 is 20.4. The lowest BCUT2D eigenvalue weighted by molar-refractivity contribution is 0.258. The third-order valence-electron chi connectivity index (χ3n) is 7.44. The van der Waals surface area contributed by atoms with Crippen molar-refractivity contribution < 1.29 is 0 Å². The Hall–Kier alpha value is 0.945. The Balaban J connectivity index is 1.52. The molecule has 0 aromatic carbocycles. The summed E-state index contributed by atoms with van der Waals surface area (Å²) in [7, 11) is 3.08. The van der Waals surface area contributed by atoms with Crippen LogP contribution in [0.4, 0.5) is 0 Å². The molecule has 6 atom stereocenters.